The highest BCUT2D eigenvalue weighted by molar-refractivity contribution is 6.00. The third-order valence-electron chi connectivity index (χ3n) is 5.06. The molecule has 0 saturated carbocycles. The molecular formula is C23H21N3O6. The highest BCUT2D eigenvalue weighted by Gasteiger charge is 2.37. The van der Waals surface area contributed by atoms with E-state index in [1.165, 1.54) is 17.3 Å². The minimum Gasteiger partial charge on any atom is -0.480 e. The number of benzene rings is 2. The summed E-state index contributed by atoms with van der Waals surface area (Å²) in [4.78, 5) is 37.3. The van der Waals surface area contributed by atoms with Crippen LogP contribution >= 0.6 is 0 Å². The lowest BCUT2D eigenvalue weighted by molar-refractivity contribution is -0.140. The lowest BCUT2D eigenvalue weighted by Crippen LogP contribution is -2.62. The Morgan fingerprint density at radius 1 is 1.09 bits per heavy atom. The van der Waals surface area contributed by atoms with Crippen molar-refractivity contribution >= 4 is 23.5 Å². The summed E-state index contributed by atoms with van der Waals surface area (Å²) in [6, 6.07) is 16.1. The topological polar surface area (TPSA) is 121 Å². The van der Waals surface area contributed by atoms with Gasteiger partial charge in [-0.05, 0) is 42.7 Å². The van der Waals surface area contributed by atoms with E-state index in [1.54, 1.807) is 43.3 Å². The van der Waals surface area contributed by atoms with E-state index in [2.05, 4.69) is 10.7 Å². The van der Waals surface area contributed by atoms with Gasteiger partial charge in [0, 0.05) is 0 Å². The summed E-state index contributed by atoms with van der Waals surface area (Å²) in [6.45, 7) is 1.75. The van der Waals surface area contributed by atoms with Crippen molar-refractivity contribution in [2.75, 3.05) is 5.01 Å². The number of ether oxygens (including phenoxy) is 1. The van der Waals surface area contributed by atoms with Crippen molar-refractivity contribution in [2.24, 2.45) is 0 Å². The maximum absolute atomic E-state index is 12.7. The molecule has 2 aromatic carbocycles. The number of amides is 1. The number of rotatable bonds is 7. The van der Waals surface area contributed by atoms with Gasteiger partial charge in [-0.1, -0.05) is 42.5 Å². The van der Waals surface area contributed by atoms with Gasteiger partial charge in [0.1, 0.15) is 6.04 Å². The van der Waals surface area contributed by atoms with Crippen LogP contribution in [0.1, 0.15) is 32.0 Å². The van der Waals surface area contributed by atoms with Crippen molar-refractivity contribution in [3.8, 4) is 0 Å². The summed E-state index contributed by atoms with van der Waals surface area (Å²) >= 11 is 0. The molecule has 0 aliphatic carbocycles. The fourth-order valence-electron chi connectivity index (χ4n) is 3.50. The standard InChI is InChI=1S/C23H21N3O6/c1-14-7-5-10-17-19(14)22(30)32-23(26(17)25-20(27)18-11-6-12-31-18)24-16(21(28)29)13-15-8-3-2-4-9-15/h2-12,16,23-24H,13H2,1H3,(H,25,27)(H,28,29)/t16-,23?/m0/s1. The van der Waals surface area contributed by atoms with E-state index in [9.17, 15) is 19.5 Å². The van der Waals surface area contributed by atoms with E-state index < -0.39 is 30.2 Å². The molecule has 1 amide bonds. The number of carbonyl (C=O) groups is 3. The van der Waals surface area contributed by atoms with Gasteiger partial charge in [0.25, 0.3) is 6.35 Å². The number of carboxylic acid groups (broad SMARTS) is 1. The maximum atomic E-state index is 12.7. The van der Waals surface area contributed by atoms with Gasteiger partial charge in [0.05, 0.1) is 17.5 Å². The molecule has 0 radical (unpaired) electrons. The van der Waals surface area contributed by atoms with Crippen molar-refractivity contribution in [2.45, 2.75) is 25.7 Å². The molecule has 3 N–H and O–H groups in total. The van der Waals surface area contributed by atoms with Gasteiger partial charge in [-0.15, -0.1) is 0 Å². The van der Waals surface area contributed by atoms with Crippen LogP contribution in [0.5, 0.6) is 0 Å². The number of esters is 1. The number of furan rings is 1. The Morgan fingerprint density at radius 2 is 1.88 bits per heavy atom. The molecule has 0 fully saturated rings. The Hall–Kier alpha value is -4.11. The van der Waals surface area contributed by atoms with E-state index >= 15 is 0 Å². The molecule has 1 aliphatic rings. The van der Waals surface area contributed by atoms with Crippen molar-refractivity contribution in [3.05, 3.63) is 89.4 Å². The quantitative estimate of drug-likeness (QED) is 0.484. The number of hydrazine groups is 1. The van der Waals surface area contributed by atoms with Gasteiger partial charge in [-0.2, -0.15) is 0 Å². The molecule has 0 spiro atoms. The molecule has 1 unspecified atom stereocenters. The first-order chi connectivity index (χ1) is 15.4. The van der Waals surface area contributed by atoms with Gasteiger partial charge in [0.2, 0.25) is 0 Å². The lowest BCUT2D eigenvalue weighted by atomic mass is 10.0. The summed E-state index contributed by atoms with van der Waals surface area (Å²) < 4.78 is 10.7. The third-order valence-corrected chi connectivity index (χ3v) is 5.06. The van der Waals surface area contributed by atoms with Crippen LogP contribution in [0, 0.1) is 6.92 Å². The largest absolute Gasteiger partial charge is 0.480 e. The van der Waals surface area contributed by atoms with Crippen LogP contribution in [0.15, 0.2) is 71.3 Å². The lowest BCUT2D eigenvalue weighted by Gasteiger charge is -2.39. The molecule has 0 bridgehead atoms. The van der Waals surface area contributed by atoms with Gasteiger partial charge >= 0.3 is 17.8 Å². The first-order valence-corrected chi connectivity index (χ1v) is 9.91. The second-order valence-electron chi connectivity index (χ2n) is 7.26. The van der Waals surface area contributed by atoms with E-state index in [4.69, 9.17) is 9.15 Å². The van der Waals surface area contributed by atoms with Crippen molar-refractivity contribution in [1.29, 1.82) is 0 Å². The monoisotopic (exact) mass is 435 g/mol. The van der Waals surface area contributed by atoms with Crippen LogP contribution in [0.3, 0.4) is 0 Å². The highest BCUT2D eigenvalue weighted by atomic mass is 16.6. The number of aryl methyl sites for hydroxylation is 1. The molecule has 1 aliphatic heterocycles. The number of cyclic esters (lactones) is 1. The molecule has 9 heteroatoms. The number of fused-ring (bicyclic) bond motifs is 1. The predicted octanol–water partition coefficient (Wildman–Crippen LogP) is 2.48. The number of hydrogen-bond acceptors (Lipinski definition) is 7. The first kappa shape index (κ1) is 21.1. The number of carbonyl (C=O) groups excluding carboxylic acids is 2. The van der Waals surface area contributed by atoms with Crippen LogP contribution in [-0.2, 0) is 16.0 Å². The van der Waals surface area contributed by atoms with Crippen molar-refractivity contribution < 1.29 is 28.6 Å². The zero-order valence-electron chi connectivity index (χ0n) is 17.1. The zero-order valence-corrected chi connectivity index (χ0v) is 17.1. The van der Waals surface area contributed by atoms with Crippen LogP contribution < -0.4 is 15.8 Å². The minimum absolute atomic E-state index is 0.0499. The number of aliphatic carboxylic acids is 1. The normalized spacial score (nSPS) is 16.1. The Labute approximate surface area is 183 Å². The molecular weight excluding hydrogens is 414 g/mol. The smallest absolute Gasteiger partial charge is 0.343 e. The van der Waals surface area contributed by atoms with Gasteiger partial charge in [-0.25, -0.2) is 15.1 Å². The van der Waals surface area contributed by atoms with Crippen molar-refractivity contribution in [3.63, 3.8) is 0 Å². The van der Waals surface area contributed by atoms with Gasteiger partial charge in [0.15, 0.2) is 5.76 Å². The fraction of sp³-hybridized carbons (Fsp3) is 0.174. The summed E-state index contributed by atoms with van der Waals surface area (Å²) in [5.41, 5.74) is 4.75. The van der Waals surface area contributed by atoms with E-state index in [0.29, 0.717) is 11.3 Å². The third kappa shape index (κ3) is 4.33. The average Bonchev–Trinajstić information content (AvgIpc) is 3.31. The second-order valence-corrected chi connectivity index (χ2v) is 7.26. The molecule has 0 saturated heterocycles. The summed E-state index contributed by atoms with van der Waals surface area (Å²) in [5.74, 6) is -2.28. The van der Waals surface area contributed by atoms with Crippen LogP contribution in [-0.4, -0.2) is 35.3 Å². The number of hydrogen-bond donors (Lipinski definition) is 3. The Kier molecular flexibility index (Phi) is 5.91. The van der Waals surface area contributed by atoms with Crippen LogP contribution in [0.2, 0.25) is 0 Å². The molecule has 2 atom stereocenters. The molecule has 2 heterocycles. The summed E-state index contributed by atoms with van der Waals surface area (Å²) in [7, 11) is 0. The zero-order chi connectivity index (χ0) is 22.7. The maximum Gasteiger partial charge on any atom is 0.343 e. The van der Waals surface area contributed by atoms with Crippen LogP contribution in [0.4, 0.5) is 5.69 Å². The number of nitrogens with one attached hydrogen (secondary N) is 2. The number of carboxylic acids is 1. The molecule has 3 aromatic rings. The summed E-state index contributed by atoms with van der Waals surface area (Å²) in [5, 5.41) is 13.9. The predicted molar refractivity (Wildman–Crippen MR) is 114 cm³/mol. The molecule has 4 rings (SSSR count). The van der Waals surface area contributed by atoms with Gasteiger partial charge < -0.3 is 14.3 Å². The number of anilines is 1. The molecule has 32 heavy (non-hydrogen) atoms. The average molecular weight is 435 g/mol. The summed E-state index contributed by atoms with van der Waals surface area (Å²) in [6.07, 6.45) is 0.241. The van der Waals surface area contributed by atoms with E-state index in [-0.39, 0.29) is 17.7 Å². The Morgan fingerprint density at radius 3 is 2.56 bits per heavy atom. The van der Waals surface area contributed by atoms with E-state index in [0.717, 1.165) is 5.56 Å². The second kappa shape index (κ2) is 8.94. The van der Waals surface area contributed by atoms with E-state index in [1.807, 2.05) is 18.2 Å². The van der Waals surface area contributed by atoms with Gasteiger partial charge in [-0.3, -0.25) is 15.0 Å². The Bertz CT molecular complexity index is 1130. The first-order valence-electron chi connectivity index (χ1n) is 9.91. The number of nitrogens with zero attached hydrogens (tertiary/aromatic N) is 1. The van der Waals surface area contributed by atoms with Crippen LogP contribution in [0.25, 0.3) is 0 Å². The molecule has 1 aromatic heterocycles. The highest BCUT2D eigenvalue weighted by Crippen LogP contribution is 2.30. The molecule has 164 valence electrons. The fourth-order valence-corrected chi connectivity index (χ4v) is 3.50. The Balaban J connectivity index is 1.65. The SMILES string of the molecule is Cc1cccc2c1C(=O)OC(N[C@@H](Cc1ccccc1)C(=O)O)N2NC(=O)c1ccco1. The minimum atomic E-state index is -1.26. The molecule has 9 nitrogen and oxygen atoms in total. The van der Waals surface area contributed by atoms with Crippen molar-refractivity contribution in [1.82, 2.24) is 10.7 Å².